The molecule has 0 radical (unpaired) electrons. The van der Waals surface area contributed by atoms with E-state index in [2.05, 4.69) is 15.3 Å². The number of carboxylic acid groups (broad SMARTS) is 1. The first-order valence-electron chi connectivity index (χ1n) is 7.04. The second-order valence-electron chi connectivity index (χ2n) is 5.20. The minimum absolute atomic E-state index is 0.0552. The minimum Gasteiger partial charge on any atom is -0.478 e. The van der Waals surface area contributed by atoms with Gasteiger partial charge in [-0.15, -0.1) is 0 Å². The topological polar surface area (TPSA) is 104 Å². The van der Waals surface area contributed by atoms with Crippen LogP contribution in [0.4, 0.5) is 5.69 Å². The molecule has 2 aromatic heterocycles. The van der Waals surface area contributed by atoms with Crippen molar-refractivity contribution in [2.45, 2.75) is 0 Å². The molecule has 0 amide bonds. The molecular formula is C16H14ClN5O2. The van der Waals surface area contributed by atoms with Crippen molar-refractivity contribution < 1.29 is 9.90 Å². The number of carboxylic acids is 1. The SMILES string of the molecule is CNc1cc(Cl)ccc1C(=N)c1cnc2c(n1)c(C(=O)O)cn2C. The molecule has 0 aliphatic rings. The van der Waals surface area contributed by atoms with Crippen molar-refractivity contribution >= 4 is 40.1 Å². The molecule has 1 aromatic carbocycles. The summed E-state index contributed by atoms with van der Waals surface area (Å²) >= 11 is 5.98. The Bertz CT molecular complexity index is 980. The summed E-state index contributed by atoms with van der Waals surface area (Å²) in [5, 5.41) is 21.2. The van der Waals surface area contributed by atoms with Gasteiger partial charge >= 0.3 is 5.97 Å². The molecule has 0 spiro atoms. The number of aromatic nitrogens is 3. The number of benzene rings is 1. The van der Waals surface area contributed by atoms with Gasteiger partial charge in [0, 0.05) is 36.6 Å². The molecule has 0 bridgehead atoms. The van der Waals surface area contributed by atoms with Crippen LogP contribution in [-0.2, 0) is 7.05 Å². The molecule has 0 unspecified atom stereocenters. The molecule has 0 saturated heterocycles. The summed E-state index contributed by atoms with van der Waals surface area (Å²) in [4.78, 5) is 20.0. The van der Waals surface area contributed by atoms with Crippen LogP contribution >= 0.6 is 11.6 Å². The molecule has 3 aromatic rings. The highest BCUT2D eigenvalue weighted by Crippen LogP contribution is 2.24. The van der Waals surface area contributed by atoms with Crippen LogP contribution in [0.3, 0.4) is 0 Å². The summed E-state index contributed by atoms with van der Waals surface area (Å²) in [6.07, 6.45) is 2.92. The Morgan fingerprint density at radius 3 is 2.79 bits per heavy atom. The predicted molar refractivity (Wildman–Crippen MR) is 92.4 cm³/mol. The summed E-state index contributed by atoms with van der Waals surface area (Å²) in [5.74, 6) is -1.08. The lowest BCUT2D eigenvalue weighted by Crippen LogP contribution is -2.09. The van der Waals surface area contributed by atoms with Gasteiger partial charge < -0.3 is 15.0 Å². The highest BCUT2D eigenvalue weighted by atomic mass is 35.5. The molecular weight excluding hydrogens is 330 g/mol. The van der Waals surface area contributed by atoms with Gasteiger partial charge in [-0.25, -0.2) is 14.8 Å². The zero-order chi connectivity index (χ0) is 17.4. The number of aromatic carboxylic acids is 1. The highest BCUT2D eigenvalue weighted by Gasteiger charge is 2.18. The van der Waals surface area contributed by atoms with Gasteiger partial charge in [0.2, 0.25) is 0 Å². The van der Waals surface area contributed by atoms with Crippen LogP contribution in [0.5, 0.6) is 0 Å². The van der Waals surface area contributed by atoms with Gasteiger partial charge in [0.25, 0.3) is 0 Å². The zero-order valence-electron chi connectivity index (χ0n) is 13.0. The monoisotopic (exact) mass is 343 g/mol. The summed E-state index contributed by atoms with van der Waals surface area (Å²) < 4.78 is 1.60. The lowest BCUT2D eigenvalue weighted by Gasteiger charge is -2.10. The number of carbonyl (C=O) groups is 1. The second kappa shape index (κ2) is 5.93. The molecule has 122 valence electrons. The van der Waals surface area contributed by atoms with E-state index in [-0.39, 0.29) is 22.5 Å². The molecule has 3 rings (SSSR count). The zero-order valence-corrected chi connectivity index (χ0v) is 13.7. The third-order valence-corrected chi connectivity index (χ3v) is 3.91. The lowest BCUT2D eigenvalue weighted by molar-refractivity contribution is 0.0698. The smallest absolute Gasteiger partial charge is 0.339 e. The van der Waals surface area contributed by atoms with E-state index in [9.17, 15) is 9.90 Å². The Labute approximate surface area is 142 Å². The molecule has 24 heavy (non-hydrogen) atoms. The molecule has 0 atom stereocenters. The Hall–Kier alpha value is -2.93. The summed E-state index contributed by atoms with van der Waals surface area (Å²) in [6.45, 7) is 0. The minimum atomic E-state index is -1.08. The maximum absolute atomic E-state index is 11.4. The first kappa shape index (κ1) is 15.9. The number of hydrogen-bond donors (Lipinski definition) is 3. The van der Waals surface area contributed by atoms with E-state index in [0.29, 0.717) is 21.9 Å². The normalized spacial score (nSPS) is 10.8. The Kier molecular flexibility index (Phi) is 3.94. The van der Waals surface area contributed by atoms with Crippen molar-refractivity contribution in [2.75, 3.05) is 12.4 Å². The molecule has 2 heterocycles. The number of nitrogens with zero attached hydrogens (tertiary/aromatic N) is 3. The molecule has 3 N–H and O–H groups in total. The predicted octanol–water partition coefficient (Wildman–Crippen LogP) is 2.78. The Morgan fingerprint density at radius 2 is 2.12 bits per heavy atom. The summed E-state index contributed by atoms with van der Waals surface area (Å²) in [6, 6.07) is 5.11. The van der Waals surface area contributed by atoms with Crippen LogP contribution in [0.1, 0.15) is 21.6 Å². The largest absolute Gasteiger partial charge is 0.478 e. The van der Waals surface area contributed by atoms with E-state index >= 15 is 0 Å². The number of aryl methyl sites for hydroxylation is 1. The molecule has 7 nitrogen and oxygen atoms in total. The van der Waals surface area contributed by atoms with Crippen LogP contribution < -0.4 is 5.32 Å². The molecule has 0 aliphatic carbocycles. The maximum Gasteiger partial charge on any atom is 0.339 e. The number of rotatable bonds is 4. The number of fused-ring (bicyclic) bond motifs is 1. The van der Waals surface area contributed by atoms with Gasteiger partial charge in [-0.3, -0.25) is 5.41 Å². The van der Waals surface area contributed by atoms with Crippen LogP contribution in [0.15, 0.2) is 30.6 Å². The van der Waals surface area contributed by atoms with E-state index in [1.807, 2.05) is 0 Å². The Morgan fingerprint density at radius 1 is 1.38 bits per heavy atom. The maximum atomic E-state index is 11.4. The van der Waals surface area contributed by atoms with E-state index in [1.165, 1.54) is 12.4 Å². The average Bonchev–Trinajstić information content (AvgIpc) is 2.90. The fraction of sp³-hybridized carbons (Fsp3) is 0.125. The van der Waals surface area contributed by atoms with E-state index in [4.69, 9.17) is 17.0 Å². The molecule has 8 heteroatoms. The van der Waals surface area contributed by atoms with Gasteiger partial charge in [-0.2, -0.15) is 0 Å². The van der Waals surface area contributed by atoms with Gasteiger partial charge in [-0.05, 0) is 18.2 Å². The van der Waals surface area contributed by atoms with Crippen molar-refractivity contribution in [2.24, 2.45) is 7.05 Å². The van der Waals surface area contributed by atoms with Gasteiger partial charge in [0.05, 0.1) is 11.9 Å². The lowest BCUT2D eigenvalue weighted by atomic mass is 10.1. The number of halogens is 1. The van der Waals surface area contributed by atoms with E-state index < -0.39 is 5.97 Å². The van der Waals surface area contributed by atoms with Crippen LogP contribution in [0.2, 0.25) is 5.02 Å². The summed E-state index contributed by atoms with van der Waals surface area (Å²) in [7, 11) is 3.43. The first-order chi connectivity index (χ1) is 11.4. The van der Waals surface area contributed by atoms with Crippen LogP contribution in [0, 0.1) is 5.41 Å². The van der Waals surface area contributed by atoms with Crippen LogP contribution in [-0.4, -0.2) is 38.4 Å². The van der Waals surface area contributed by atoms with E-state index in [1.54, 1.807) is 36.9 Å². The number of hydrogen-bond acceptors (Lipinski definition) is 5. The molecule has 0 fully saturated rings. The third kappa shape index (κ3) is 2.59. The molecule has 0 saturated carbocycles. The van der Waals surface area contributed by atoms with Crippen molar-refractivity contribution in [1.29, 1.82) is 5.41 Å². The third-order valence-electron chi connectivity index (χ3n) is 3.67. The molecule has 0 aliphatic heterocycles. The second-order valence-corrected chi connectivity index (χ2v) is 5.64. The fourth-order valence-corrected chi connectivity index (χ4v) is 2.67. The number of nitrogens with one attached hydrogen (secondary N) is 2. The van der Waals surface area contributed by atoms with Gasteiger partial charge in [0.15, 0.2) is 5.65 Å². The van der Waals surface area contributed by atoms with Gasteiger partial charge in [0.1, 0.15) is 16.8 Å². The summed E-state index contributed by atoms with van der Waals surface area (Å²) in [5.41, 5.74) is 2.46. The fourth-order valence-electron chi connectivity index (χ4n) is 2.49. The first-order valence-corrected chi connectivity index (χ1v) is 7.42. The van der Waals surface area contributed by atoms with Crippen molar-refractivity contribution in [3.8, 4) is 0 Å². The van der Waals surface area contributed by atoms with E-state index in [0.717, 1.165) is 0 Å². The number of anilines is 1. The highest BCUT2D eigenvalue weighted by molar-refractivity contribution is 6.31. The Balaban J connectivity index is 2.14. The van der Waals surface area contributed by atoms with Gasteiger partial charge in [-0.1, -0.05) is 11.6 Å². The average molecular weight is 344 g/mol. The van der Waals surface area contributed by atoms with Crippen molar-refractivity contribution in [3.05, 3.63) is 52.4 Å². The van der Waals surface area contributed by atoms with Crippen LogP contribution in [0.25, 0.3) is 11.2 Å². The van der Waals surface area contributed by atoms with Crippen molar-refractivity contribution in [1.82, 2.24) is 14.5 Å². The standard InChI is InChI=1S/C16H14ClN5O2/c1-19-11-5-8(17)3-4-9(11)13(18)12-6-20-15-14(21-12)10(16(23)24)7-22(15)2/h3-7,18-19H,1-2H3,(H,23,24). The van der Waals surface area contributed by atoms with Crippen molar-refractivity contribution in [3.63, 3.8) is 0 Å². The quantitative estimate of drug-likeness (QED) is 0.632.